The maximum atomic E-state index is 12.1. The summed E-state index contributed by atoms with van der Waals surface area (Å²) in [5, 5.41) is 0.00443. The molecule has 134 valence electrons. The number of hydrogen-bond acceptors (Lipinski definition) is 5. The van der Waals surface area contributed by atoms with Gasteiger partial charge in [-0.1, -0.05) is 30.3 Å². The summed E-state index contributed by atoms with van der Waals surface area (Å²) < 4.78 is 30.4. The highest BCUT2D eigenvalue weighted by Gasteiger charge is 2.36. The van der Waals surface area contributed by atoms with E-state index >= 15 is 0 Å². The fourth-order valence-corrected chi connectivity index (χ4v) is 4.43. The van der Waals surface area contributed by atoms with Gasteiger partial charge in [0.1, 0.15) is 6.61 Å². The van der Waals surface area contributed by atoms with Gasteiger partial charge in [0.05, 0.1) is 12.9 Å². The number of benzene rings is 1. The lowest BCUT2D eigenvalue weighted by atomic mass is 10.2. The molecule has 0 aliphatic carbocycles. The maximum absolute atomic E-state index is 12.1. The van der Waals surface area contributed by atoms with Crippen molar-refractivity contribution in [3.63, 3.8) is 0 Å². The molecule has 2 unspecified atom stereocenters. The lowest BCUT2D eigenvalue weighted by Gasteiger charge is -2.22. The summed E-state index contributed by atoms with van der Waals surface area (Å²) in [6, 6.07) is 9.45. The Labute approximate surface area is 149 Å². The summed E-state index contributed by atoms with van der Waals surface area (Å²) in [6.45, 7) is 1.04. The maximum Gasteiger partial charge on any atom is 0.248 e. The molecule has 1 aliphatic heterocycles. The smallest absolute Gasteiger partial charge is 0.248 e. The molecule has 1 amide bonds. The van der Waals surface area contributed by atoms with Gasteiger partial charge in [-0.3, -0.25) is 4.79 Å². The Balaban J connectivity index is 1.79. The molecule has 0 spiro atoms. The van der Waals surface area contributed by atoms with E-state index in [9.17, 15) is 13.2 Å². The molecule has 8 heteroatoms. The minimum Gasteiger partial charge on any atom is -0.370 e. The molecule has 1 aromatic carbocycles. The molecule has 1 saturated heterocycles. The van der Waals surface area contributed by atoms with Gasteiger partial charge >= 0.3 is 0 Å². The summed E-state index contributed by atoms with van der Waals surface area (Å²) in [6.07, 6.45) is 1.81. The summed E-state index contributed by atoms with van der Waals surface area (Å²) in [5.41, 5.74) is 1.05. The molecule has 2 atom stereocenters. The second kappa shape index (κ2) is 8.33. The van der Waals surface area contributed by atoms with Crippen molar-refractivity contribution in [3.05, 3.63) is 35.9 Å². The van der Waals surface area contributed by atoms with E-state index in [-0.39, 0.29) is 30.4 Å². The average Bonchev–Trinajstić information content (AvgIpc) is 2.89. The summed E-state index contributed by atoms with van der Waals surface area (Å²) >= 11 is 4.36. The number of carbonyl (C=O) groups excluding carboxylic acids is 1. The monoisotopic (exact) mass is 372 g/mol. The van der Waals surface area contributed by atoms with Crippen LogP contribution in [0.15, 0.2) is 30.3 Å². The van der Waals surface area contributed by atoms with Gasteiger partial charge in [0.2, 0.25) is 15.9 Å². The predicted octanol–water partition coefficient (Wildman–Crippen LogP) is 0.994. The van der Waals surface area contributed by atoms with Gasteiger partial charge in [0, 0.05) is 31.4 Å². The number of likely N-dealkylation sites (N-methyl/N-ethyl adjacent to an activating group) is 1. The van der Waals surface area contributed by atoms with Gasteiger partial charge in [-0.2, -0.15) is 16.9 Å². The molecular weight excluding hydrogens is 348 g/mol. The highest BCUT2D eigenvalue weighted by molar-refractivity contribution is 7.88. The van der Waals surface area contributed by atoms with E-state index in [0.29, 0.717) is 19.5 Å². The number of hydrogen-bond donors (Lipinski definition) is 1. The molecule has 2 rings (SSSR count). The fraction of sp³-hybridized carbons (Fsp3) is 0.562. The van der Waals surface area contributed by atoms with Crippen LogP contribution in [-0.2, 0) is 26.1 Å². The predicted molar refractivity (Wildman–Crippen MR) is 96.5 cm³/mol. The van der Waals surface area contributed by atoms with E-state index in [4.69, 9.17) is 4.74 Å². The molecule has 1 heterocycles. The molecule has 1 aromatic rings. The van der Waals surface area contributed by atoms with Crippen molar-refractivity contribution in [2.24, 2.45) is 0 Å². The highest BCUT2D eigenvalue weighted by Crippen LogP contribution is 2.24. The average molecular weight is 373 g/mol. The van der Waals surface area contributed by atoms with Crippen LogP contribution in [0.2, 0.25) is 0 Å². The van der Waals surface area contributed by atoms with Crippen LogP contribution in [0.5, 0.6) is 0 Å². The normalized spacial score (nSPS) is 21.8. The Morgan fingerprint density at radius 3 is 2.67 bits per heavy atom. The molecule has 6 nitrogen and oxygen atoms in total. The molecule has 1 fully saturated rings. The second-order valence-electron chi connectivity index (χ2n) is 6.13. The highest BCUT2D eigenvalue weighted by atomic mass is 32.2. The first-order valence-corrected chi connectivity index (χ1v) is 10.1. The zero-order valence-electron chi connectivity index (χ0n) is 14.0. The lowest BCUT2D eigenvalue weighted by molar-refractivity contribution is -0.135. The summed E-state index contributed by atoms with van der Waals surface area (Å²) in [5.74, 6) is -0.134. The zero-order valence-corrected chi connectivity index (χ0v) is 15.7. The number of nitrogens with zero attached hydrogens (tertiary/aromatic N) is 2. The van der Waals surface area contributed by atoms with Crippen LogP contribution in [0.25, 0.3) is 0 Å². The fourth-order valence-electron chi connectivity index (χ4n) is 2.76. The van der Waals surface area contributed by atoms with Gasteiger partial charge in [0.25, 0.3) is 0 Å². The van der Waals surface area contributed by atoms with Gasteiger partial charge < -0.3 is 9.64 Å². The van der Waals surface area contributed by atoms with E-state index in [1.165, 1.54) is 10.6 Å². The van der Waals surface area contributed by atoms with Crippen molar-refractivity contribution in [2.75, 3.05) is 33.1 Å². The Morgan fingerprint density at radius 2 is 2.04 bits per heavy atom. The quantitative estimate of drug-likeness (QED) is 0.725. The first kappa shape index (κ1) is 19.2. The third-order valence-electron chi connectivity index (χ3n) is 3.99. The van der Waals surface area contributed by atoms with Gasteiger partial charge in [-0.05, 0) is 12.0 Å². The first-order valence-electron chi connectivity index (χ1n) is 7.78. The Bertz CT molecular complexity index is 651. The van der Waals surface area contributed by atoms with E-state index in [0.717, 1.165) is 5.56 Å². The van der Waals surface area contributed by atoms with Crippen LogP contribution >= 0.6 is 12.6 Å². The molecule has 0 bridgehead atoms. The Morgan fingerprint density at radius 1 is 1.38 bits per heavy atom. The third-order valence-corrected chi connectivity index (χ3v) is 5.67. The lowest BCUT2D eigenvalue weighted by Crippen LogP contribution is -2.38. The molecule has 24 heavy (non-hydrogen) atoms. The number of carbonyl (C=O) groups is 1. The van der Waals surface area contributed by atoms with Crippen LogP contribution < -0.4 is 0 Å². The van der Waals surface area contributed by atoms with Gasteiger partial charge in [0.15, 0.2) is 0 Å². The van der Waals surface area contributed by atoms with Crippen LogP contribution in [0, 0.1) is 0 Å². The topological polar surface area (TPSA) is 66.9 Å². The van der Waals surface area contributed by atoms with Crippen molar-refractivity contribution in [2.45, 2.75) is 24.3 Å². The van der Waals surface area contributed by atoms with Crippen LogP contribution in [0.1, 0.15) is 12.0 Å². The first-order chi connectivity index (χ1) is 11.3. The minimum absolute atomic E-state index is 0.00443. The SMILES string of the molecule is CN(Cc1ccccc1)C(=O)COCC1CC(S)CN1S(C)(=O)=O. The van der Waals surface area contributed by atoms with Crippen molar-refractivity contribution >= 4 is 28.6 Å². The van der Waals surface area contributed by atoms with Gasteiger partial charge in [-0.15, -0.1) is 0 Å². The van der Waals surface area contributed by atoms with E-state index in [1.807, 2.05) is 30.3 Å². The number of thiol groups is 1. The van der Waals surface area contributed by atoms with E-state index in [1.54, 1.807) is 11.9 Å². The molecular formula is C16H24N2O4S2. The molecule has 0 radical (unpaired) electrons. The Hall–Kier alpha value is -1.09. The van der Waals surface area contributed by atoms with Crippen molar-refractivity contribution in [1.82, 2.24) is 9.21 Å². The third kappa shape index (κ3) is 5.47. The number of sulfonamides is 1. The van der Waals surface area contributed by atoms with Crippen LogP contribution in [0.4, 0.5) is 0 Å². The van der Waals surface area contributed by atoms with Crippen molar-refractivity contribution in [1.29, 1.82) is 0 Å². The molecule has 1 aliphatic rings. The number of ether oxygens (including phenoxy) is 1. The van der Waals surface area contributed by atoms with Crippen LogP contribution in [-0.4, -0.2) is 67.9 Å². The van der Waals surface area contributed by atoms with Crippen LogP contribution in [0.3, 0.4) is 0 Å². The summed E-state index contributed by atoms with van der Waals surface area (Å²) in [4.78, 5) is 13.7. The molecule has 0 saturated carbocycles. The zero-order chi connectivity index (χ0) is 17.7. The molecule has 0 aromatic heterocycles. The van der Waals surface area contributed by atoms with Crippen molar-refractivity contribution in [3.8, 4) is 0 Å². The number of rotatable bonds is 7. The van der Waals surface area contributed by atoms with Crippen molar-refractivity contribution < 1.29 is 17.9 Å². The minimum atomic E-state index is -3.28. The largest absolute Gasteiger partial charge is 0.370 e. The molecule has 0 N–H and O–H groups in total. The van der Waals surface area contributed by atoms with E-state index in [2.05, 4.69) is 12.6 Å². The van der Waals surface area contributed by atoms with E-state index < -0.39 is 10.0 Å². The number of amides is 1. The second-order valence-corrected chi connectivity index (χ2v) is 8.79. The summed E-state index contributed by atoms with van der Waals surface area (Å²) in [7, 11) is -1.56. The van der Waals surface area contributed by atoms with Gasteiger partial charge in [-0.25, -0.2) is 8.42 Å². The Kier molecular flexibility index (Phi) is 6.68. The standard InChI is InChI=1S/C16H24N2O4S2/c1-17(9-13-6-4-3-5-7-13)16(19)12-22-11-14-8-15(23)10-18(14)24(2,20)21/h3-7,14-15,23H,8-12H2,1-2H3.